The lowest BCUT2D eigenvalue weighted by molar-refractivity contribution is -0.118. The number of H-pyrrole nitrogens is 1. The SMILES string of the molecule is Cc1nc(-c2cccc(NC(=O)C(Cc3ccccc3)NC(=O)c3ccc(Cl)cc3)c2)n[nH]1. The van der Waals surface area contributed by atoms with Gasteiger partial charge in [0.1, 0.15) is 11.9 Å². The third kappa shape index (κ3) is 5.84. The molecular weight excluding hydrogens is 438 g/mol. The van der Waals surface area contributed by atoms with Crippen LogP contribution >= 0.6 is 11.6 Å². The molecule has 1 aromatic heterocycles. The van der Waals surface area contributed by atoms with Gasteiger partial charge in [-0.05, 0) is 48.9 Å². The molecule has 0 bridgehead atoms. The minimum atomic E-state index is -0.787. The second-order valence-corrected chi connectivity index (χ2v) is 7.97. The Kier molecular flexibility index (Phi) is 6.80. The predicted octanol–water partition coefficient (Wildman–Crippen LogP) is 4.41. The Bertz CT molecular complexity index is 1260. The molecule has 4 aromatic rings. The summed E-state index contributed by atoms with van der Waals surface area (Å²) in [6.07, 6.45) is 0.339. The van der Waals surface area contributed by atoms with Gasteiger partial charge in [0.05, 0.1) is 0 Å². The summed E-state index contributed by atoms with van der Waals surface area (Å²) in [6, 6.07) is 22.5. The molecule has 0 aliphatic rings. The number of aryl methyl sites for hydroxylation is 1. The van der Waals surface area contributed by atoms with E-state index in [2.05, 4.69) is 25.8 Å². The van der Waals surface area contributed by atoms with Gasteiger partial charge in [-0.1, -0.05) is 54.1 Å². The Morgan fingerprint density at radius 2 is 1.76 bits per heavy atom. The monoisotopic (exact) mass is 459 g/mol. The van der Waals surface area contributed by atoms with Gasteiger partial charge >= 0.3 is 0 Å². The molecule has 7 nitrogen and oxygen atoms in total. The van der Waals surface area contributed by atoms with Crippen LogP contribution in [0.2, 0.25) is 5.02 Å². The van der Waals surface area contributed by atoms with Crippen molar-refractivity contribution >= 4 is 29.1 Å². The van der Waals surface area contributed by atoms with Crippen molar-refractivity contribution in [1.82, 2.24) is 20.5 Å². The summed E-state index contributed by atoms with van der Waals surface area (Å²) in [5.41, 5.74) is 2.70. The molecular formula is C25H22ClN5O2. The topological polar surface area (TPSA) is 99.8 Å². The summed E-state index contributed by atoms with van der Waals surface area (Å²) < 4.78 is 0. The van der Waals surface area contributed by atoms with E-state index in [0.29, 0.717) is 34.3 Å². The van der Waals surface area contributed by atoms with Gasteiger partial charge in [-0.25, -0.2) is 4.98 Å². The third-order valence-corrected chi connectivity index (χ3v) is 5.25. The molecule has 2 amide bonds. The summed E-state index contributed by atoms with van der Waals surface area (Å²) >= 11 is 5.92. The maximum atomic E-state index is 13.2. The fourth-order valence-corrected chi connectivity index (χ4v) is 3.47. The first-order valence-electron chi connectivity index (χ1n) is 10.4. The van der Waals surface area contributed by atoms with Crippen molar-refractivity contribution in [3.63, 3.8) is 0 Å². The molecule has 1 unspecified atom stereocenters. The van der Waals surface area contributed by atoms with Gasteiger partial charge < -0.3 is 10.6 Å². The van der Waals surface area contributed by atoms with E-state index in [1.54, 1.807) is 36.4 Å². The molecule has 8 heteroatoms. The molecule has 0 spiro atoms. The molecule has 0 fully saturated rings. The molecule has 0 radical (unpaired) electrons. The van der Waals surface area contributed by atoms with Gasteiger partial charge in [0.2, 0.25) is 5.91 Å². The first-order valence-corrected chi connectivity index (χ1v) is 10.8. The van der Waals surface area contributed by atoms with Crippen LogP contribution in [-0.4, -0.2) is 33.0 Å². The van der Waals surface area contributed by atoms with Gasteiger partial charge in [0, 0.05) is 28.3 Å². The second kappa shape index (κ2) is 10.1. The van der Waals surface area contributed by atoms with Crippen LogP contribution in [0.4, 0.5) is 5.69 Å². The number of benzene rings is 3. The van der Waals surface area contributed by atoms with Crippen LogP contribution in [0.3, 0.4) is 0 Å². The predicted molar refractivity (Wildman–Crippen MR) is 128 cm³/mol. The van der Waals surface area contributed by atoms with Gasteiger partial charge in [0.15, 0.2) is 5.82 Å². The van der Waals surface area contributed by atoms with Crippen LogP contribution in [0.1, 0.15) is 21.7 Å². The van der Waals surface area contributed by atoms with E-state index in [1.807, 2.05) is 49.4 Å². The van der Waals surface area contributed by atoms with Gasteiger partial charge in [-0.15, -0.1) is 0 Å². The van der Waals surface area contributed by atoms with Crippen LogP contribution in [0.5, 0.6) is 0 Å². The minimum Gasteiger partial charge on any atom is -0.340 e. The van der Waals surface area contributed by atoms with Crippen molar-refractivity contribution in [1.29, 1.82) is 0 Å². The molecule has 0 aliphatic carbocycles. The molecule has 0 saturated heterocycles. The van der Waals surface area contributed by atoms with Gasteiger partial charge in [-0.3, -0.25) is 14.7 Å². The second-order valence-electron chi connectivity index (χ2n) is 7.54. The highest BCUT2D eigenvalue weighted by atomic mass is 35.5. The normalized spacial score (nSPS) is 11.6. The first-order chi connectivity index (χ1) is 16.0. The lowest BCUT2D eigenvalue weighted by atomic mass is 10.0. The fraction of sp³-hybridized carbons (Fsp3) is 0.120. The lowest BCUT2D eigenvalue weighted by Gasteiger charge is -2.19. The number of rotatable bonds is 7. The lowest BCUT2D eigenvalue weighted by Crippen LogP contribution is -2.45. The van der Waals surface area contributed by atoms with Crippen LogP contribution in [0.15, 0.2) is 78.9 Å². The molecule has 3 N–H and O–H groups in total. The van der Waals surface area contributed by atoms with E-state index < -0.39 is 6.04 Å². The molecule has 1 atom stereocenters. The molecule has 3 aromatic carbocycles. The summed E-state index contributed by atoms with van der Waals surface area (Å²) in [4.78, 5) is 30.3. The summed E-state index contributed by atoms with van der Waals surface area (Å²) in [6.45, 7) is 1.82. The van der Waals surface area contributed by atoms with Crippen LogP contribution in [-0.2, 0) is 11.2 Å². The first kappa shape index (κ1) is 22.2. The number of nitrogens with zero attached hydrogens (tertiary/aromatic N) is 2. The van der Waals surface area contributed by atoms with E-state index in [-0.39, 0.29) is 11.8 Å². The molecule has 166 valence electrons. The summed E-state index contributed by atoms with van der Waals surface area (Å²) in [5.74, 6) is 0.560. The smallest absolute Gasteiger partial charge is 0.251 e. The van der Waals surface area contributed by atoms with Crippen molar-refractivity contribution in [3.05, 3.63) is 101 Å². The van der Waals surface area contributed by atoms with E-state index in [0.717, 1.165) is 11.1 Å². The number of hydrogen-bond donors (Lipinski definition) is 3. The number of nitrogens with one attached hydrogen (secondary N) is 3. The standard InChI is InChI=1S/C25H22ClN5O2/c1-16-27-23(31-30-16)19-8-5-9-21(15-19)28-25(33)22(14-17-6-3-2-4-7-17)29-24(32)18-10-12-20(26)13-11-18/h2-13,15,22H,14H2,1H3,(H,28,33)(H,29,32)(H,27,30,31). The highest BCUT2D eigenvalue weighted by Crippen LogP contribution is 2.20. The number of anilines is 1. The molecule has 0 saturated carbocycles. The zero-order valence-corrected chi connectivity index (χ0v) is 18.6. The number of hydrogen-bond acceptors (Lipinski definition) is 4. The molecule has 4 rings (SSSR count). The quantitative estimate of drug-likeness (QED) is 0.381. The van der Waals surface area contributed by atoms with Crippen molar-refractivity contribution in [2.45, 2.75) is 19.4 Å². The van der Waals surface area contributed by atoms with Crippen LogP contribution in [0, 0.1) is 6.92 Å². The minimum absolute atomic E-state index is 0.329. The number of amides is 2. The number of aromatic nitrogens is 3. The van der Waals surface area contributed by atoms with Crippen molar-refractivity contribution in [2.75, 3.05) is 5.32 Å². The fourth-order valence-electron chi connectivity index (χ4n) is 3.34. The summed E-state index contributed by atoms with van der Waals surface area (Å²) in [7, 11) is 0. The van der Waals surface area contributed by atoms with E-state index in [1.165, 1.54) is 0 Å². The Labute approximate surface area is 196 Å². The zero-order valence-electron chi connectivity index (χ0n) is 17.9. The highest BCUT2D eigenvalue weighted by Gasteiger charge is 2.22. The maximum absolute atomic E-state index is 13.2. The number of carbonyl (C=O) groups excluding carboxylic acids is 2. The average Bonchev–Trinajstić information content (AvgIpc) is 3.26. The van der Waals surface area contributed by atoms with E-state index in [4.69, 9.17) is 11.6 Å². The van der Waals surface area contributed by atoms with Crippen LogP contribution in [0.25, 0.3) is 11.4 Å². The third-order valence-electron chi connectivity index (χ3n) is 5.00. The van der Waals surface area contributed by atoms with Gasteiger partial charge in [0.25, 0.3) is 5.91 Å². The zero-order chi connectivity index (χ0) is 23.2. The average molecular weight is 460 g/mol. The van der Waals surface area contributed by atoms with Crippen LogP contribution < -0.4 is 10.6 Å². The molecule has 0 aliphatic heterocycles. The largest absolute Gasteiger partial charge is 0.340 e. The highest BCUT2D eigenvalue weighted by molar-refractivity contribution is 6.30. The van der Waals surface area contributed by atoms with Crippen molar-refractivity contribution in [3.8, 4) is 11.4 Å². The number of carbonyl (C=O) groups is 2. The Balaban J connectivity index is 1.54. The van der Waals surface area contributed by atoms with Crippen molar-refractivity contribution in [2.24, 2.45) is 0 Å². The molecule has 33 heavy (non-hydrogen) atoms. The van der Waals surface area contributed by atoms with Crippen molar-refractivity contribution < 1.29 is 9.59 Å². The van der Waals surface area contributed by atoms with E-state index in [9.17, 15) is 9.59 Å². The van der Waals surface area contributed by atoms with E-state index >= 15 is 0 Å². The van der Waals surface area contributed by atoms with Gasteiger partial charge in [-0.2, -0.15) is 5.10 Å². The Morgan fingerprint density at radius 1 is 1.00 bits per heavy atom. The molecule has 1 heterocycles. The number of halogens is 1. The Morgan fingerprint density at radius 3 is 2.45 bits per heavy atom. The summed E-state index contributed by atoms with van der Waals surface area (Å²) in [5, 5.41) is 13.3. The maximum Gasteiger partial charge on any atom is 0.251 e. The Hall–Kier alpha value is -3.97. The number of aromatic amines is 1.